The minimum Gasteiger partial charge on any atom is -0.434 e. The normalized spacial score (nSPS) is 10.4. The predicted octanol–water partition coefficient (Wildman–Crippen LogP) is 2.87. The number of halogens is 2. The van der Waals surface area contributed by atoms with Gasteiger partial charge in [-0.05, 0) is 25.1 Å². The van der Waals surface area contributed by atoms with Crippen molar-refractivity contribution in [2.24, 2.45) is 0 Å². The van der Waals surface area contributed by atoms with Crippen LogP contribution in [0.3, 0.4) is 0 Å². The molecule has 0 aliphatic heterocycles. The zero-order valence-electron chi connectivity index (χ0n) is 14.1. The quantitative estimate of drug-likeness (QED) is 0.568. The molecule has 0 fully saturated rings. The van der Waals surface area contributed by atoms with Crippen LogP contribution in [0, 0.1) is 17.0 Å². The first-order chi connectivity index (χ1) is 12.8. The van der Waals surface area contributed by atoms with Crippen molar-refractivity contribution in [3.63, 3.8) is 0 Å². The number of alkyl halides is 2. The van der Waals surface area contributed by atoms with Crippen molar-refractivity contribution >= 4 is 23.2 Å². The van der Waals surface area contributed by atoms with Crippen molar-refractivity contribution in [1.82, 2.24) is 5.32 Å². The van der Waals surface area contributed by atoms with Crippen molar-refractivity contribution in [3.8, 4) is 5.75 Å². The van der Waals surface area contributed by atoms with Gasteiger partial charge in [-0.25, -0.2) is 0 Å². The summed E-state index contributed by atoms with van der Waals surface area (Å²) in [5, 5.41) is 15.5. The lowest BCUT2D eigenvalue weighted by atomic mass is 10.1. The minimum absolute atomic E-state index is 0.0283. The molecular formula is C17H15F2N3O5. The Morgan fingerprint density at radius 1 is 1.22 bits per heavy atom. The Kier molecular flexibility index (Phi) is 6.36. The second-order valence-corrected chi connectivity index (χ2v) is 5.35. The van der Waals surface area contributed by atoms with E-state index in [1.165, 1.54) is 43.3 Å². The van der Waals surface area contributed by atoms with Gasteiger partial charge in [0, 0.05) is 28.9 Å². The Labute approximate surface area is 152 Å². The number of anilines is 1. The number of hydrogen-bond acceptors (Lipinski definition) is 5. The zero-order valence-corrected chi connectivity index (χ0v) is 14.1. The molecule has 27 heavy (non-hydrogen) atoms. The number of carbonyl (C=O) groups is 2. The highest BCUT2D eigenvalue weighted by molar-refractivity contribution is 5.99. The molecule has 0 atom stereocenters. The summed E-state index contributed by atoms with van der Waals surface area (Å²) in [6.07, 6.45) is 0. The maximum atomic E-state index is 12.3. The average molecular weight is 379 g/mol. The molecular weight excluding hydrogens is 364 g/mol. The Hall–Kier alpha value is -3.56. The van der Waals surface area contributed by atoms with E-state index in [1.807, 2.05) is 0 Å². The first-order valence-electron chi connectivity index (χ1n) is 7.65. The number of benzene rings is 2. The fraction of sp³-hybridized carbons (Fsp3) is 0.176. The van der Waals surface area contributed by atoms with Gasteiger partial charge in [-0.15, -0.1) is 0 Å². The van der Waals surface area contributed by atoms with E-state index in [0.29, 0.717) is 5.56 Å². The molecule has 142 valence electrons. The van der Waals surface area contributed by atoms with Crippen molar-refractivity contribution in [3.05, 3.63) is 63.7 Å². The number of nitro groups is 1. The summed E-state index contributed by atoms with van der Waals surface area (Å²) in [5.41, 5.74) is 0.331. The summed E-state index contributed by atoms with van der Waals surface area (Å²) in [6.45, 7) is -1.92. The molecule has 0 aliphatic rings. The summed E-state index contributed by atoms with van der Waals surface area (Å²) >= 11 is 0. The van der Waals surface area contributed by atoms with Gasteiger partial charge < -0.3 is 15.4 Å². The van der Waals surface area contributed by atoms with E-state index < -0.39 is 29.9 Å². The van der Waals surface area contributed by atoms with E-state index in [0.717, 1.165) is 6.07 Å². The number of carbonyl (C=O) groups excluding carboxylic acids is 2. The SMILES string of the molecule is Cc1c(NC(=O)CNC(=O)c2cccc([N+](=O)[O-])c2)cccc1OC(F)F. The highest BCUT2D eigenvalue weighted by atomic mass is 19.3. The maximum absolute atomic E-state index is 12.3. The number of nitrogens with one attached hydrogen (secondary N) is 2. The summed E-state index contributed by atoms with van der Waals surface area (Å²) in [7, 11) is 0. The van der Waals surface area contributed by atoms with E-state index in [2.05, 4.69) is 15.4 Å². The smallest absolute Gasteiger partial charge is 0.387 e. The number of amides is 2. The lowest BCUT2D eigenvalue weighted by Gasteiger charge is -2.13. The van der Waals surface area contributed by atoms with E-state index in [-0.39, 0.29) is 22.7 Å². The maximum Gasteiger partial charge on any atom is 0.387 e. The van der Waals surface area contributed by atoms with Crippen LogP contribution in [0.5, 0.6) is 5.75 Å². The number of nitro benzene ring substituents is 1. The minimum atomic E-state index is -3.00. The van der Waals surface area contributed by atoms with Crippen molar-refractivity contribution in [2.75, 3.05) is 11.9 Å². The van der Waals surface area contributed by atoms with Gasteiger partial charge in [-0.1, -0.05) is 12.1 Å². The first kappa shape index (κ1) is 19.8. The van der Waals surface area contributed by atoms with Crippen LogP contribution < -0.4 is 15.4 Å². The Balaban J connectivity index is 1.97. The molecule has 10 heteroatoms. The lowest BCUT2D eigenvalue weighted by Crippen LogP contribution is -2.33. The molecule has 2 rings (SSSR count). The van der Waals surface area contributed by atoms with Gasteiger partial charge in [0.25, 0.3) is 11.6 Å². The Morgan fingerprint density at radius 3 is 2.59 bits per heavy atom. The largest absolute Gasteiger partial charge is 0.434 e. The molecule has 0 bridgehead atoms. The topological polar surface area (TPSA) is 111 Å². The summed E-state index contributed by atoms with van der Waals surface area (Å²) < 4.78 is 29.0. The molecule has 2 N–H and O–H groups in total. The molecule has 0 aromatic heterocycles. The Bertz CT molecular complexity index is 873. The summed E-state index contributed by atoms with van der Waals surface area (Å²) in [5.74, 6) is -1.35. The van der Waals surface area contributed by atoms with Gasteiger partial charge in [-0.3, -0.25) is 19.7 Å². The Morgan fingerprint density at radius 2 is 1.93 bits per heavy atom. The van der Waals surface area contributed by atoms with Crippen LogP contribution in [0.4, 0.5) is 20.2 Å². The molecule has 0 unspecified atom stereocenters. The second kappa shape index (κ2) is 8.70. The highest BCUT2D eigenvalue weighted by Gasteiger charge is 2.14. The van der Waals surface area contributed by atoms with Gasteiger partial charge in [0.15, 0.2) is 0 Å². The molecule has 0 heterocycles. The molecule has 0 aliphatic carbocycles. The second-order valence-electron chi connectivity index (χ2n) is 5.35. The molecule has 0 spiro atoms. The van der Waals surface area contributed by atoms with Crippen LogP contribution in [0.1, 0.15) is 15.9 Å². The van der Waals surface area contributed by atoms with E-state index in [9.17, 15) is 28.5 Å². The molecule has 0 radical (unpaired) electrons. The average Bonchev–Trinajstić information content (AvgIpc) is 2.62. The molecule has 2 amide bonds. The predicted molar refractivity (Wildman–Crippen MR) is 91.9 cm³/mol. The zero-order chi connectivity index (χ0) is 20.0. The lowest BCUT2D eigenvalue weighted by molar-refractivity contribution is -0.384. The molecule has 0 saturated carbocycles. The summed E-state index contributed by atoms with van der Waals surface area (Å²) in [4.78, 5) is 34.1. The van der Waals surface area contributed by atoms with E-state index in [1.54, 1.807) is 0 Å². The summed E-state index contributed by atoms with van der Waals surface area (Å²) in [6, 6.07) is 9.31. The van der Waals surface area contributed by atoms with Gasteiger partial charge in [0.1, 0.15) is 5.75 Å². The van der Waals surface area contributed by atoms with Gasteiger partial charge in [0.05, 0.1) is 11.5 Å². The fourth-order valence-corrected chi connectivity index (χ4v) is 2.19. The number of non-ortho nitro benzene ring substituents is 1. The van der Waals surface area contributed by atoms with Crippen molar-refractivity contribution < 1.29 is 28.0 Å². The molecule has 2 aromatic carbocycles. The third kappa shape index (κ3) is 5.46. The molecule has 2 aromatic rings. The highest BCUT2D eigenvalue weighted by Crippen LogP contribution is 2.26. The van der Waals surface area contributed by atoms with Crippen LogP contribution in [-0.4, -0.2) is 29.9 Å². The van der Waals surface area contributed by atoms with Crippen molar-refractivity contribution in [1.29, 1.82) is 0 Å². The fourth-order valence-electron chi connectivity index (χ4n) is 2.19. The first-order valence-corrected chi connectivity index (χ1v) is 7.65. The van der Waals surface area contributed by atoms with Crippen LogP contribution in [0.15, 0.2) is 42.5 Å². The van der Waals surface area contributed by atoms with Gasteiger partial charge in [-0.2, -0.15) is 8.78 Å². The number of hydrogen-bond donors (Lipinski definition) is 2. The third-order valence-corrected chi connectivity index (χ3v) is 3.50. The van der Waals surface area contributed by atoms with Crippen LogP contribution in [-0.2, 0) is 4.79 Å². The van der Waals surface area contributed by atoms with Gasteiger partial charge >= 0.3 is 6.61 Å². The van der Waals surface area contributed by atoms with E-state index in [4.69, 9.17) is 0 Å². The van der Waals surface area contributed by atoms with Crippen LogP contribution >= 0.6 is 0 Å². The number of rotatable bonds is 7. The molecule has 0 saturated heterocycles. The number of nitrogens with zero attached hydrogens (tertiary/aromatic N) is 1. The molecule has 8 nitrogen and oxygen atoms in total. The van der Waals surface area contributed by atoms with Crippen LogP contribution in [0.2, 0.25) is 0 Å². The van der Waals surface area contributed by atoms with E-state index >= 15 is 0 Å². The monoisotopic (exact) mass is 379 g/mol. The third-order valence-electron chi connectivity index (χ3n) is 3.50. The van der Waals surface area contributed by atoms with Gasteiger partial charge in [0.2, 0.25) is 5.91 Å². The number of ether oxygens (including phenoxy) is 1. The standard InChI is InChI=1S/C17H15F2N3O5/c1-10-13(6-3-7-14(10)27-17(18)19)21-15(23)9-20-16(24)11-4-2-5-12(8-11)22(25)26/h2-8,17H,9H2,1H3,(H,20,24)(H,21,23). The van der Waals surface area contributed by atoms with Crippen molar-refractivity contribution in [2.45, 2.75) is 13.5 Å². The van der Waals surface area contributed by atoms with Crippen LogP contribution in [0.25, 0.3) is 0 Å².